The normalized spacial score (nSPS) is 21.4. The Kier molecular flexibility index (Phi) is 5.71. The number of hydrogen-bond donors (Lipinski definition) is 1. The molecule has 0 saturated carbocycles. The van der Waals surface area contributed by atoms with Crippen LogP contribution < -0.4 is 10.4 Å². The number of rotatable bonds is 5. The molecule has 0 fully saturated rings. The smallest absolute Gasteiger partial charge is 0.169 e. The number of ketones is 1. The number of halogens is 2. The number of aliphatic carboxylic acids is 1. The Bertz CT molecular complexity index is 698. The zero-order valence-electron chi connectivity index (χ0n) is 15.0. The summed E-state index contributed by atoms with van der Waals surface area (Å²) < 4.78 is 0. The zero-order chi connectivity index (χ0) is 19.1. The van der Waals surface area contributed by atoms with Crippen LogP contribution >= 0.6 is 23.2 Å². The van der Waals surface area contributed by atoms with E-state index in [1.807, 2.05) is 32.6 Å². The van der Waals surface area contributed by atoms with Gasteiger partial charge in [-0.15, -0.1) is 0 Å². The number of nitrogens with one attached hydrogen (secondary N) is 1. The second kappa shape index (κ2) is 7.14. The molecule has 0 spiro atoms. The fraction of sp³-hybridized carbons (Fsp3) is 0.556. The van der Waals surface area contributed by atoms with Crippen molar-refractivity contribution in [1.29, 1.82) is 0 Å². The van der Waals surface area contributed by atoms with E-state index < -0.39 is 17.6 Å². The fourth-order valence-electron chi connectivity index (χ4n) is 3.87. The van der Waals surface area contributed by atoms with Crippen LogP contribution in [0.5, 0.6) is 0 Å². The molecule has 2 rings (SSSR count). The molecule has 1 aliphatic rings. The summed E-state index contributed by atoms with van der Waals surface area (Å²) in [5, 5.41) is 15.7. The van der Waals surface area contributed by atoms with Crippen LogP contribution in [0.15, 0.2) is 12.1 Å². The predicted molar refractivity (Wildman–Crippen MR) is 98.3 cm³/mol. The standard InChI is InChI=1S/C18H24Cl2N2O3/c1-9(2)22(10(3)4)11(5)18(17(24)25)8-15(23)16-13(20)6-12(19)7-14(16)21-18/h6-7,9-11,21H,8H2,1-5H3,(H,24,25)/p-1. The van der Waals surface area contributed by atoms with Gasteiger partial charge in [-0.05, 0) is 46.8 Å². The van der Waals surface area contributed by atoms with E-state index in [4.69, 9.17) is 23.2 Å². The quantitative estimate of drug-likeness (QED) is 0.843. The van der Waals surface area contributed by atoms with Crippen LogP contribution in [0.4, 0.5) is 5.69 Å². The molecule has 1 N–H and O–H groups in total. The molecule has 1 aromatic rings. The van der Waals surface area contributed by atoms with Gasteiger partial charge in [0.25, 0.3) is 0 Å². The minimum Gasteiger partial charge on any atom is -0.547 e. The lowest BCUT2D eigenvalue weighted by molar-refractivity contribution is -0.314. The molecule has 2 atom stereocenters. The van der Waals surface area contributed by atoms with Crippen molar-refractivity contribution in [2.45, 2.75) is 64.7 Å². The van der Waals surface area contributed by atoms with Crippen LogP contribution in [0.25, 0.3) is 0 Å². The van der Waals surface area contributed by atoms with Crippen LogP contribution in [-0.2, 0) is 4.79 Å². The summed E-state index contributed by atoms with van der Waals surface area (Å²) in [5.41, 5.74) is -0.958. The highest BCUT2D eigenvalue weighted by atomic mass is 35.5. The van der Waals surface area contributed by atoms with Gasteiger partial charge in [-0.25, -0.2) is 0 Å². The third-order valence-electron chi connectivity index (χ3n) is 4.85. The van der Waals surface area contributed by atoms with Crippen molar-refractivity contribution in [3.8, 4) is 0 Å². The number of anilines is 1. The molecule has 2 unspecified atom stereocenters. The van der Waals surface area contributed by atoms with Gasteiger partial charge in [0.1, 0.15) is 0 Å². The fourth-order valence-corrected chi connectivity index (χ4v) is 4.47. The summed E-state index contributed by atoms with van der Waals surface area (Å²) in [5.74, 6) is -1.65. The third kappa shape index (κ3) is 3.50. The van der Waals surface area contributed by atoms with E-state index in [-0.39, 0.29) is 34.9 Å². The maximum atomic E-state index is 12.7. The summed E-state index contributed by atoms with van der Waals surface area (Å²) in [6, 6.07) is 2.69. The van der Waals surface area contributed by atoms with Crippen LogP contribution in [0.1, 0.15) is 51.4 Å². The van der Waals surface area contributed by atoms with Crippen molar-refractivity contribution < 1.29 is 14.7 Å². The first-order valence-electron chi connectivity index (χ1n) is 8.30. The van der Waals surface area contributed by atoms with Crippen LogP contribution in [0, 0.1) is 0 Å². The summed E-state index contributed by atoms with van der Waals surface area (Å²) in [7, 11) is 0. The molecular formula is C18H23Cl2N2O3-. The summed E-state index contributed by atoms with van der Waals surface area (Å²) >= 11 is 12.2. The third-order valence-corrected chi connectivity index (χ3v) is 5.36. The first-order valence-corrected chi connectivity index (χ1v) is 9.06. The molecule has 0 bridgehead atoms. The molecule has 25 heavy (non-hydrogen) atoms. The maximum Gasteiger partial charge on any atom is 0.169 e. The van der Waals surface area contributed by atoms with Gasteiger partial charge in [-0.3, -0.25) is 9.69 Å². The Morgan fingerprint density at radius 3 is 2.24 bits per heavy atom. The highest BCUT2D eigenvalue weighted by Gasteiger charge is 2.47. The maximum absolute atomic E-state index is 12.7. The van der Waals surface area contributed by atoms with Crippen LogP contribution in [0.3, 0.4) is 0 Å². The lowest BCUT2D eigenvalue weighted by atomic mass is 9.78. The SMILES string of the molecule is CC(C)N(C(C)C)C(C)C1(C(=O)[O-])CC(=O)c2c(Cl)cc(Cl)cc2N1. The Labute approximate surface area is 158 Å². The number of nitrogens with zero attached hydrogens (tertiary/aromatic N) is 1. The molecule has 1 aliphatic heterocycles. The molecular weight excluding hydrogens is 363 g/mol. The van der Waals surface area contributed by atoms with Gasteiger partial charge in [-0.2, -0.15) is 0 Å². The number of carboxylic acid groups (broad SMARTS) is 1. The van der Waals surface area contributed by atoms with Crippen LogP contribution in [0.2, 0.25) is 10.0 Å². The molecule has 0 aromatic heterocycles. The molecule has 7 heteroatoms. The van der Waals surface area contributed by atoms with E-state index in [9.17, 15) is 14.7 Å². The summed E-state index contributed by atoms with van der Waals surface area (Å²) in [6.45, 7) is 9.77. The second-order valence-corrected chi connectivity index (χ2v) is 7.95. The Morgan fingerprint density at radius 1 is 1.20 bits per heavy atom. The van der Waals surface area contributed by atoms with Crippen molar-refractivity contribution >= 4 is 40.6 Å². The predicted octanol–water partition coefficient (Wildman–Crippen LogP) is 2.99. The van der Waals surface area contributed by atoms with Crippen molar-refractivity contribution in [2.24, 2.45) is 0 Å². The van der Waals surface area contributed by atoms with E-state index in [0.717, 1.165) is 0 Å². The number of carbonyl (C=O) groups is 2. The van der Waals surface area contributed by atoms with Gasteiger partial charge < -0.3 is 15.2 Å². The monoisotopic (exact) mass is 385 g/mol. The highest BCUT2D eigenvalue weighted by molar-refractivity contribution is 6.38. The Balaban J connectivity index is 2.58. The first-order chi connectivity index (χ1) is 11.5. The van der Waals surface area contributed by atoms with E-state index in [0.29, 0.717) is 10.7 Å². The second-order valence-electron chi connectivity index (χ2n) is 7.10. The highest BCUT2D eigenvalue weighted by Crippen LogP contribution is 2.40. The lowest BCUT2D eigenvalue weighted by Crippen LogP contribution is -2.68. The lowest BCUT2D eigenvalue weighted by Gasteiger charge is -2.50. The minimum absolute atomic E-state index is 0.0903. The molecule has 0 aliphatic carbocycles. The molecule has 0 radical (unpaired) electrons. The Hall–Kier alpha value is -1.30. The van der Waals surface area contributed by atoms with Gasteiger partial charge in [0.05, 0.1) is 22.1 Å². The van der Waals surface area contributed by atoms with E-state index in [1.54, 1.807) is 6.92 Å². The zero-order valence-corrected chi connectivity index (χ0v) is 16.5. The summed E-state index contributed by atoms with van der Waals surface area (Å²) in [6.07, 6.45) is -0.235. The van der Waals surface area contributed by atoms with Gasteiger partial charge in [0.15, 0.2) is 5.78 Å². The van der Waals surface area contributed by atoms with Crippen molar-refractivity contribution in [3.63, 3.8) is 0 Å². The van der Waals surface area contributed by atoms with E-state index in [2.05, 4.69) is 5.32 Å². The van der Waals surface area contributed by atoms with Gasteiger partial charge in [-0.1, -0.05) is 23.2 Å². The van der Waals surface area contributed by atoms with Crippen molar-refractivity contribution in [3.05, 3.63) is 27.7 Å². The number of fused-ring (bicyclic) bond motifs is 1. The van der Waals surface area contributed by atoms with Gasteiger partial charge >= 0.3 is 0 Å². The number of carboxylic acids is 1. The molecule has 5 nitrogen and oxygen atoms in total. The average molecular weight is 386 g/mol. The molecule has 1 aromatic carbocycles. The van der Waals surface area contributed by atoms with Crippen molar-refractivity contribution in [2.75, 3.05) is 5.32 Å². The number of Topliss-reactive ketones (excluding diaryl/α,β-unsaturated/α-hetero) is 1. The van der Waals surface area contributed by atoms with E-state index >= 15 is 0 Å². The Morgan fingerprint density at radius 2 is 1.76 bits per heavy atom. The van der Waals surface area contributed by atoms with Gasteiger partial charge in [0, 0.05) is 35.3 Å². The molecule has 138 valence electrons. The molecule has 0 amide bonds. The minimum atomic E-state index is -1.56. The van der Waals surface area contributed by atoms with E-state index in [1.165, 1.54) is 12.1 Å². The first kappa shape index (κ1) is 20.0. The summed E-state index contributed by atoms with van der Waals surface area (Å²) in [4.78, 5) is 27.0. The number of hydrogen-bond acceptors (Lipinski definition) is 5. The number of carbonyl (C=O) groups excluding carboxylic acids is 2. The number of benzene rings is 1. The largest absolute Gasteiger partial charge is 0.547 e. The van der Waals surface area contributed by atoms with Crippen molar-refractivity contribution in [1.82, 2.24) is 4.90 Å². The van der Waals surface area contributed by atoms with Crippen LogP contribution in [-0.4, -0.2) is 40.3 Å². The topological polar surface area (TPSA) is 72.5 Å². The molecule has 0 saturated heterocycles. The molecule has 1 heterocycles. The average Bonchev–Trinajstić information content (AvgIpc) is 2.44. The van der Waals surface area contributed by atoms with Gasteiger partial charge in [0.2, 0.25) is 0 Å².